The lowest BCUT2D eigenvalue weighted by atomic mass is 10.2. The summed E-state index contributed by atoms with van der Waals surface area (Å²) in [5, 5.41) is 15.8. The monoisotopic (exact) mass is 397 g/mol. The molecule has 0 atom stereocenters. The van der Waals surface area contributed by atoms with E-state index in [4.69, 9.17) is 0 Å². The number of thioether (sulfide) groups is 1. The predicted molar refractivity (Wildman–Crippen MR) is 105 cm³/mol. The molecule has 0 aliphatic rings. The van der Waals surface area contributed by atoms with Gasteiger partial charge in [-0.2, -0.15) is 0 Å². The number of nitrogens with zero attached hydrogens (tertiary/aromatic N) is 6. The predicted octanol–water partition coefficient (Wildman–Crippen LogP) is 3.01. The van der Waals surface area contributed by atoms with Gasteiger partial charge in [0, 0.05) is 16.0 Å². The van der Waals surface area contributed by atoms with Gasteiger partial charge >= 0.3 is 0 Å². The number of carbonyl (C=O) groups is 1. The second-order valence-corrected chi connectivity index (χ2v) is 7.95. The summed E-state index contributed by atoms with van der Waals surface area (Å²) in [6, 6.07) is 7.30. The number of benzene rings is 1. The number of fused-ring (bicyclic) bond motifs is 1. The smallest absolute Gasteiger partial charge is 0.234 e. The maximum atomic E-state index is 12.3. The molecule has 136 valence electrons. The Bertz CT molecular complexity index is 1090. The van der Waals surface area contributed by atoms with Gasteiger partial charge < -0.3 is 5.32 Å². The summed E-state index contributed by atoms with van der Waals surface area (Å²) in [5.41, 5.74) is 2.71. The summed E-state index contributed by atoms with van der Waals surface area (Å²) >= 11 is 3.07. The quantitative estimate of drug-likeness (QED) is 0.408. The maximum Gasteiger partial charge on any atom is 0.234 e. The molecular weight excluding hydrogens is 382 g/mol. The largest absolute Gasteiger partial charge is 0.325 e. The molecule has 0 unspecified atom stereocenters. The molecule has 0 spiro atoms. The van der Waals surface area contributed by atoms with Gasteiger partial charge in [0.25, 0.3) is 0 Å². The van der Waals surface area contributed by atoms with Gasteiger partial charge in [0.05, 0.1) is 11.4 Å². The highest BCUT2D eigenvalue weighted by Gasteiger charge is 2.13. The first-order valence-electron chi connectivity index (χ1n) is 8.08. The van der Waals surface area contributed by atoms with Gasteiger partial charge in [-0.05, 0) is 54.1 Å². The molecule has 0 radical (unpaired) electrons. The minimum absolute atomic E-state index is 0.0912. The molecule has 1 aromatic carbocycles. The second kappa shape index (κ2) is 7.41. The lowest BCUT2D eigenvalue weighted by molar-refractivity contribution is -0.113. The van der Waals surface area contributed by atoms with Gasteiger partial charge in [-0.3, -0.25) is 4.79 Å². The molecule has 4 rings (SSSR count). The van der Waals surface area contributed by atoms with Crippen LogP contribution in [0.4, 0.5) is 5.69 Å². The summed E-state index contributed by atoms with van der Waals surface area (Å²) in [5.74, 6) is 0.182. The zero-order valence-electron chi connectivity index (χ0n) is 14.6. The second-order valence-electron chi connectivity index (χ2n) is 5.78. The van der Waals surface area contributed by atoms with Crippen LogP contribution in [0.3, 0.4) is 0 Å². The molecule has 1 N–H and O–H groups in total. The van der Waals surface area contributed by atoms with Crippen LogP contribution in [0.1, 0.15) is 10.4 Å². The molecule has 0 bridgehead atoms. The molecule has 4 aromatic rings. The number of hydrogen-bond donors (Lipinski definition) is 1. The van der Waals surface area contributed by atoms with E-state index in [9.17, 15) is 4.79 Å². The number of tetrazole rings is 1. The van der Waals surface area contributed by atoms with Crippen LogP contribution in [-0.4, -0.2) is 41.8 Å². The summed E-state index contributed by atoms with van der Waals surface area (Å²) in [6.07, 6.45) is 3.07. The van der Waals surface area contributed by atoms with Gasteiger partial charge in [0.2, 0.25) is 5.91 Å². The number of amides is 1. The van der Waals surface area contributed by atoms with E-state index in [1.807, 2.05) is 24.3 Å². The highest BCUT2D eigenvalue weighted by atomic mass is 32.2. The maximum absolute atomic E-state index is 12.3. The molecule has 3 heterocycles. The zero-order valence-corrected chi connectivity index (χ0v) is 16.2. The number of thiophene rings is 1. The third-order valence-electron chi connectivity index (χ3n) is 4.04. The van der Waals surface area contributed by atoms with E-state index in [-0.39, 0.29) is 11.7 Å². The Balaban J connectivity index is 1.42. The summed E-state index contributed by atoms with van der Waals surface area (Å²) in [6.45, 7) is 4.13. The van der Waals surface area contributed by atoms with Crippen molar-refractivity contribution in [2.75, 3.05) is 11.1 Å². The third-order valence-corrected chi connectivity index (χ3v) is 6.14. The van der Waals surface area contributed by atoms with Crippen LogP contribution in [0.5, 0.6) is 0 Å². The van der Waals surface area contributed by atoms with Crippen LogP contribution in [0.25, 0.3) is 15.9 Å². The van der Waals surface area contributed by atoms with Crippen molar-refractivity contribution in [1.82, 2.24) is 30.2 Å². The fourth-order valence-electron chi connectivity index (χ4n) is 2.57. The van der Waals surface area contributed by atoms with Crippen molar-refractivity contribution >= 4 is 44.9 Å². The van der Waals surface area contributed by atoms with E-state index >= 15 is 0 Å². The Morgan fingerprint density at radius 2 is 2.04 bits per heavy atom. The molecule has 0 saturated heterocycles. The van der Waals surface area contributed by atoms with Crippen molar-refractivity contribution in [1.29, 1.82) is 0 Å². The van der Waals surface area contributed by atoms with Gasteiger partial charge in [-0.25, -0.2) is 14.6 Å². The van der Waals surface area contributed by atoms with Gasteiger partial charge in [0.15, 0.2) is 0 Å². The molecule has 27 heavy (non-hydrogen) atoms. The summed E-state index contributed by atoms with van der Waals surface area (Å²) in [4.78, 5) is 23.2. The Hall–Kier alpha value is -2.85. The number of aromatic nitrogens is 6. The van der Waals surface area contributed by atoms with E-state index in [1.165, 1.54) is 28.5 Å². The highest BCUT2D eigenvalue weighted by molar-refractivity contribution is 8.00. The molecule has 10 heteroatoms. The van der Waals surface area contributed by atoms with Crippen molar-refractivity contribution in [3.63, 3.8) is 0 Å². The Morgan fingerprint density at radius 1 is 1.22 bits per heavy atom. The van der Waals surface area contributed by atoms with Gasteiger partial charge in [-0.15, -0.1) is 16.4 Å². The van der Waals surface area contributed by atoms with E-state index in [1.54, 1.807) is 22.3 Å². The first kappa shape index (κ1) is 17.6. The van der Waals surface area contributed by atoms with E-state index in [0.29, 0.717) is 5.69 Å². The average molecular weight is 397 g/mol. The third kappa shape index (κ3) is 3.67. The van der Waals surface area contributed by atoms with Crippen LogP contribution in [-0.2, 0) is 4.79 Å². The van der Waals surface area contributed by atoms with Crippen LogP contribution in [0, 0.1) is 13.8 Å². The molecule has 3 aromatic heterocycles. The van der Waals surface area contributed by atoms with Crippen molar-refractivity contribution in [2.45, 2.75) is 18.9 Å². The number of carbonyl (C=O) groups excluding carboxylic acids is 1. The molecule has 0 saturated carbocycles. The topological polar surface area (TPSA) is 98.5 Å². The SMILES string of the molecule is Cc1sc2ncnc(SCC(=O)Nc3ccc(-n4cnnn4)cc3)c2c1C. The first-order chi connectivity index (χ1) is 13.1. The number of aryl methyl sites for hydroxylation is 2. The van der Waals surface area contributed by atoms with Crippen molar-refractivity contribution in [3.8, 4) is 5.69 Å². The van der Waals surface area contributed by atoms with E-state index in [0.717, 1.165) is 20.9 Å². The zero-order chi connectivity index (χ0) is 18.8. The normalized spacial score (nSPS) is 11.0. The molecule has 0 aliphatic heterocycles. The molecular formula is C17H15N7OS2. The number of nitrogens with one attached hydrogen (secondary N) is 1. The van der Waals surface area contributed by atoms with Crippen molar-refractivity contribution in [3.05, 3.63) is 47.4 Å². The lowest BCUT2D eigenvalue weighted by Crippen LogP contribution is -2.14. The molecule has 0 aliphatic carbocycles. The van der Waals surface area contributed by atoms with Crippen LogP contribution >= 0.6 is 23.1 Å². The Morgan fingerprint density at radius 3 is 2.78 bits per heavy atom. The van der Waals surface area contributed by atoms with Gasteiger partial charge in [-0.1, -0.05) is 11.8 Å². The Kier molecular flexibility index (Phi) is 4.82. The van der Waals surface area contributed by atoms with Crippen molar-refractivity contribution in [2.24, 2.45) is 0 Å². The van der Waals surface area contributed by atoms with Crippen LogP contribution in [0.2, 0.25) is 0 Å². The minimum Gasteiger partial charge on any atom is -0.325 e. The summed E-state index contributed by atoms with van der Waals surface area (Å²) < 4.78 is 1.55. The fourth-order valence-corrected chi connectivity index (χ4v) is 4.48. The van der Waals surface area contributed by atoms with E-state index in [2.05, 4.69) is 44.7 Å². The summed E-state index contributed by atoms with van der Waals surface area (Å²) in [7, 11) is 0. The standard InChI is InChI=1S/C17H15N7OS2/c1-10-11(2)27-17-15(10)16(18-8-19-17)26-7-14(25)21-12-3-5-13(6-4-12)24-9-20-22-23-24/h3-6,8-9H,7H2,1-2H3,(H,21,25). The molecule has 1 amide bonds. The number of anilines is 1. The Labute approximate surface area is 163 Å². The van der Waals surface area contributed by atoms with Crippen molar-refractivity contribution < 1.29 is 4.79 Å². The average Bonchev–Trinajstić information content (AvgIpc) is 3.30. The lowest BCUT2D eigenvalue weighted by Gasteiger charge is -2.07. The minimum atomic E-state index is -0.0912. The van der Waals surface area contributed by atoms with E-state index < -0.39 is 0 Å². The number of hydrogen-bond acceptors (Lipinski definition) is 8. The van der Waals surface area contributed by atoms with Crippen LogP contribution < -0.4 is 5.32 Å². The highest BCUT2D eigenvalue weighted by Crippen LogP contribution is 2.34. The van der Waals surface area contributed by atoms with Crippen LogP contribution in [0.15, 0.2) is 41.9 Å². The molecule has 0 fully saturated rings. The molecule has 8 nitrogen and oxygen atoms in total. The fraction of sp³-hybridized carbons (Fsp3) is 0.176. The number of rotatable bonds is 5. The first-order valence-corrected chi connectivity index (χ1v) is 9.89. The van der Waals surface area contributed by atoms with Gasteiger partial charge in [0.1, 0.15) is 22.5 Å².